The van der Waals surface area contributed by atoms with Gasteiger partial charge in [-0.25, -0.2) is 4.39 Å². The number of phenolic OH excluding ortho intramolecular Hbond substituents is 1. The molecule has 0 radical (unpaired) electrons. The molecule has 1 amide bonds. The third kappa shape index (κ3) is 6.07. The van der Waals surface area contributed by atoms with E-state index in [1.807, 2.05) is 0 Å². The van der Waals surface area contributed by atoms with Gasteiger partial charge < -0.3 is 24.0 Å². The second kappa shape index (κ2) is 10.0. The molecule has 11 heteroatoms. The van der Waals surface area contributed by atoms with Crippen molar-refractivity contribution in [3.05, 3.63) is 27.5 Å². The highest BCUT2D eigenvalue weighted by molar-refractivity contribution is 7.90. The van der Waals surface area contributed by atoms with Crippen LogP contribution in [0.25, 0.3) is 0 Å². The molecular weight excluding hydrogens is 494 g/mol. The van der Waals surface area contributed by atoms with Gasteiger partial charge in [0.1, 0.15) is 10.5 Å². The first-order chi connectivity index (χ1) is 15.2. The largest absolute Gasteiger partial charge is 0.598 e. The molecule has 33 heavy (non-hydrogen) atoms. The molecule has 0 aromatic heterocycles. The maximum absolute atomic E-state index is 15.1. The second-order valence-corrected chi connectivity index (χ2v) is 12.7. The van der Waals surface area contributed by atoms with Gasteiger partial charge in [0.15, 0.2) is 17.7 Å². The van der Waals surface area contributed by atoms with Crippen molar-refractivity contribution in [1.29, 1.82) is 0 Å². The molecule has 2 fully saturated rings. The summed E-state index contributed by atoms with van der Waals surface area (Å²) in [6.07, 6.45) is 0.345. The Hall–Kier alpha value is -0.810. The summed E-state index contributed by atoms with van der Waals surface area (Å²) in [7, 11) is 0. The van der Waals surface area contributed by atoms with Gasteiger partial charge in [-0.1, -0.05) is 23.2 Å². The van der Waals surface area contributed by atoms with Crippen molar-refractivity contribution in [2.45, 2.75) is 70.1 Å². The predicted octanol–water partition coefficient (Wildman–Crippen LogP) is 4.32. The van der Waals surface area contributed by atoms with E-state index in [0.717, 1.165) is 0 Å². The van der Waals surface area contributed by atoms with Crippen LogP contribution in [0.5, 0.6) is 5.75 Å². The average molecular weight is 525 g/mol. The number of ether oxygens (including phenoxy) is 2. The Morgan fingerprint density at radius 2 is 1.97 bits per heavy atom. The number of hydrogen-bond donors (Lipinski definition) is 2. The van der Waals surface area contributed by atoms with Crippen LogP contribution in [0, 0.1) is 11.7 Å². The van der Waals surface area contributed by atoms with Crippen molar-refractivity contribution in [2.75, 3.05) is 19.7 Å². The molecule has 0 aliphatic carbocycles. The van der Waals surface area contributed by atoms with Crippen molar-refractivity contribution in [3.8, 4) is 5.75 Å². The Labute approximate surface area is 207 Å². The van der Waals surface area contributed by atoms with Gasteiger partial charge >= 0.3 is 0 Å². The smallest absolute Gasteiger partial charge is 0.254 e. The van der Waals surface area contributed by atoms with Crippen LogP contribution in [0.15, 0.2) is 6.07 Å². The molecule has 2 N–H and O–H groups in total. The molecule has 0 bridgehead atoms. The summed E-state index contributed by atoms with van der Waals surface area (Å²) in [5.74, 6) is -2.36. The first kappa shape index (κ1) is 26.8. The van der Waals surface area contributed by atoms with E-state index in [4.69, 9.17) is 32.7 Å². The monoisotopic (exact) mass is 524 g/mol. The fourth-order valence-corrected chi connectivity index (χ4v) is 5.28. The first-order valence-corrected chi connectivity index (χ1v) is 12.8. The lowest BCUT2D eigenvalue weighted by molar-refractivity contribution is -0.161. The minimum absolute atomic E-state index is 0.0685. The molecule has 2 aliphatic rings. The van der Waals surface area contributed by atoms with E-state index >= 15 is 4.39 Å². The summed E-state index contributed by atoms with van der Waals surface area (Å²) in [4.78, 5) is 14.6. The number of carbonyl (C=O) groups is 1. The number of aromatic hydroxyl groups is 1. The standard InChI is InChI=1S/C22H31Cl2FN2O5S/c1-21(2,3)33(30)26-19(16-14(28)10-13(23)17(24)18(16)25)12-6-8-27(9-7-12)20(29)15-11-31-22(4,5)32-15/h10,12,15,19,26,28H,6-9,11H2,1-5H3/t15-,19?,33?/m1/s1. The third-order valence-electron chi connectivity index (χ3n) is 5.89. The van der Waals surface area contributed by atoms with Crippen molar-refractivity contribution < 1.29 is 28.3 Å². The average Bonchev–Trinajstić information content (AvgIpc) is 3.10. The van der Waals surface area contributed by atoms with Gasteiger partial charge in [0.2, 0.25) is 0 Å². The molecule has 1 aromatic carbocycles. The molecule has 2 unspecified atom stereocenters. The van der Waals surface area contributed by atoms with Crippen LogP contribution in [-0.2, 0) is 25.6 Å². The number of rotatable bonds is 5. The van der Waals surface area contributed by atoms with E-state index in [-0.39, 0.29) is 39.8 Å². The Balaban J connectivity index is 1.80. The van der Waals surface area contributed by atoms with E-state index in [1.54, 1.807) is 39.5 Å². The van der Waals surface area contributed by atoms with Gasteiger partial charge in [-0.2, -0.15) is 0 Å². The summed E-state index contributed by atoms with van der Waals surface area (Å²) in [5.41, 5.74) is -0.0685. The van der Waals surface area contributed by atoms with Crippen LogP contribution >= 0.6 is 23.2 Å². The Bertz CT molecular complexity index is 891. The molecular formula is C22H31Cl2FN2O5S. The number of carbonyl (C=O) groups excluding carboxylic acids is 1. The molecule has 2 heterocycles. The van der Waals surface area contributed by atoms with E-state index in [9.17, 15) is 14.5 Å². The van der Waals surface area contributed by atoms with Gasteiger partial charge in [0.25, 0.3) is 5.91 Å². The highest BCUT2D eigenvalue weighted by Gasteiger charge is 2.42. The molecule has 2 saturated heterocycles. The summed E-state index contributed by atoms with van der Waals surface area (Å²) >= 11 is 10.4. The number of halogens is 3. The SMILES string of the molecule is CC1(C)OC[C@H](C(=O)N2CCC(C(N[S+]([O-])C(C)(C)C)c3c(O)cc(Cl)c(Cl)c3F)CC2)O1. The normalized spacial score (nSPS) is 23.5. The number of hydrogen-bond acceptors (Lipinski definition) is 6. The van der Waals surface area contributed by atoms with Gasteiger partial charge in [0, 0.05) is 30.5 Å². The minimum atomic E-state index is -1.55. The fraction of sp³-hybridized carbons (Fsp3) is 0.682. The highest BCUT2D eigenvalue weighted by atomic mass is 35.5. The quantitative estimate of drug-likeness (QED) is 0.440. The minimum Gasteiger partial charge on any atom is -0.598 e. The van der Waals surface area contributed by atoms with E-state index in [2.05, 4.69) is 4.72 Å². The maximum atomic E-state index is 15.1. The number of benzene rings is 1. The van der Waals surface area contributed by atoms with Gasteiger partial charge in [0.05, 0.1) is 28.3 Å². The van der Waals surface area contributed by atoms with Gasteiger partial charge in [-0.05, 0) is 53.4 Å². The van der Waals surface area contributed by atoms with Crippen LogP contribution in [-0.4, -0.2) is 56.8 Å². The number of piperidine rings is 1. The number of amides is 1. The van der Waals surface area contributed by atoms with Crippen LogP contribution in [0.2, 0.25) is 10.0 Å². The lowest BCUT2D eigenvalue weighted by Gasteiger charge is -2.38. The van der Waals surface area contributed by atoms with Crippen molar-refractivity contribution in [3.63, 3.8) is 0 Å². The van der Waals surface area contributed by atoms with E-state index < -0.39 is 39.9 Å². The summed E-state index contributed by atoms with van der Waals surface area (Å²) in [5, 5.41) is 10.1. The zero-order chi connectivity index (χ0) is 24.7. The molecule has 1 aromatic rings. The van der Waals surface area contributed by atoms with Crippen molar-refractivity contribution in [2.24, 2.45) is 5.92 Å². The zero-order valence-electron chi connectivity index (χ0n) is 19.4. The lowest BCUT2D eigenvalue weighted by Crippen LogP contribution is -2.48. The second-order valence-electron chi connectivity index (χ2n) is 9.88. The Morgan fingerprint density at radius 1 is 1.36 bits per heavy atom. The van der Waals surface area contributed by atoms with Crippen LogP contribution in [0.3, 0.4) is 0 Å². The van der Waals surface area contributed by atoms with Crippen LogP contribution in [0.1, 0.15) is 59.1 Å². The van der Waals surface area contributed by atoms with E-state index in [1.165, 1.54) is 6.07 Å². The molecule has 7 nitrogen and oxygen atoms in total. The summed E-state index contributed by atoms with van der Waals surface area (Å²) in [6, 6.07) is 0.400. The lowest BCUT2D eigenvalue weighted by atomic mass is 9.85. The summed E-state index contributed by atoms with van der Waals surface area (Å²) < 4.78 is 41.6. The molecule has 3 rings (SSSR count). The summed E-state index contributed by atoms with van der Waals surface area (Å²) in [6.45, 7) is 9.93. The third-order valence-corrected chi connectivity index (χ3v) is 8.23. The number of nitrogens with one attached hydrogen (secondary N) is 1. The number of likely N-dealkylation sites (tertiary alicyclic amines) is 1. The molecule has 3 atom stereocenters. The topological polar surface area (TPSA) is 94.1 Å². The maximum Gasteiger partial charge on any atom is 0.254 e. The molecule has 0 saturated carbocycles. The van der Waals surface area contributed by atoms with Crippen molar-refractivity contribution in [1.82, 2.24) is 9.62 Å². The molecule has 2 aliphatic heterocycles. The highest BCUT2D eigenvalue weighted by Crippen LogP contribution is 2.42. The Kier molecular flexibility index (Phi) is 8.16. The van der Waals surface area contributed by atoms with Gasteiger partial charge in [-0.3, -0.25) is 4.79 Å². The van der Waals surface area contributed by atoms with Crippen LogP contribution < -0.4 is 4.72 Å². The number of phenols is 1. The zero-order valence-corrected chi connectivity index (χ0v) is 21.7. The van der Waals surface area contributed by atoms with Crippen LogP contribution in [0.4, 0.5) is 4.39 Å². The van der Waals surface area contributed by atoms with E-state index in [0.29, 0.717) is 25.9 Å². The fourth-order valence-electron chi connectivity index (χ4n) is 4.04. The molecule has 0 spiro atoms. The van der Waals surface area contributed by atoms with Crippen molar-refractivity contribution >= 4 is 40.5 Å². The molecule has 186 valence electrons. The Morgan fingerprint density at radius 3 is 2.48 bits per heavy atom. The van der Waals surface area contributed by atoms with Gasteiger partial charge in [-0.15, -0.1) is 4.72 Å². The first-order valence-electron chi connectivity index (χ1n) is 10.9. The predicted molar refractivity (Wildman–Crippen MR) is 126 cm³/mol. The number of nitrogens with zero attached hydrogens (tertiary/aromatic N) is 1.